The third kappa shape index (κ3) is 16.8. The van der Waals surface area contributed by atoms with Gasteiger partial charge in [-0.25, -0.2) is 4.57 Å². The molecule has 364 valence electrons. The van der Waals surface area contributed by atoms with Crippen LogP contribution in [0.4, 0.5) is 0 Å². The van der Waals surface area contributed by atoms with Crippen LogP contribution in [0.1, 0.15) is 96.8 Å². The molecule has 13 N–H and O–H groups in total. The minimum Gasteiger partial charge on any atom is -0.463 e. The smallest absolute Gasteiger partial charge is 0.463 e. The molecule has 2 heterocycles. The van der Waals surface area contributed by atoms with Crippen LogP contribution in [0.5, 0.6) is 0 Å². The molecule has 0 aromatic carbocycles. The molecule has 22 nitrogen and oxygen atoms in total. The first kappa shape index (κ1) is 55.0. The first-order valence-corrected chi connectivity index (χ1v) is 23.1. The fourth-order valence-electron chi connectivity index (χ4n) is 7.29. The Morgan fingerprint density at radius 3 is 1.50 bits per heavy atom. The van der Waals surface area contributed by atoms with E-state index in [1.54, 1.807) is 0 Å². The highest BCUT2D eigenvalue weighted by Gasteiger charge is 2.58. The molecule has 1 saturated carbocycles. The number of phosphoric ester groups is 1. The SMILES string of the molecule is CCCCCCCC/C=C\CCCCCCCC(=O)OC[C@@H](O)COP(=O)(O)OC1C(O[C@@H]2OC(CO)[C@H](O)C(O)[C@@H]2O)C(O)C(O)C(O)[C@H]1O[C@H]1OC(CO)[C@@H](O)C(O)[C@H]1O. The number of aliphatic hydroxyl groups is 12. The molecule has 23 heteroatoms. The Morgan fingerprint density at radius 1 is 0.597 bits per heavy atom. The molecule has 2 saturated heterocycles. The first-order valence-electron chi connectivity index (χ1n) is 21.6. The van der Waals surface area contributed by atoms with Gasteiger partial charge in [0, 0.05) is 6.42 Å². The molecular formula is C39H71O22P. The van der Waals surface area contributed by atoms with Gasteiger partial charge in [-0.1, -0.05) is 70.4 Å². The van der Waals surface area contributed by atoms with E-state index < -0.39 is 144 Å². The van der Waals surface area contributed by atoms with E-state index >= 15 is 0 Å². The van der Waals surface area contributed by atoms with Crippen LogP contribution in [0.15, 0.2) is 12.2 Å². The van der Waals surface area contributed by atoms with Crippen molar-refractivity contribution in [2.75, 3.05) is 26.4 Å². The van der Waals surface area contributed by atoms with Gasteiger partial charge in [0.15, 0.2) is 12.6 Å². The maximum Gasteiger partial charge on any atom is 0.472 e. The highest BCUT2D eigenvalue weighted by molar-refractivity contribution is 7.47. The lowest BCUT2D eigenvalue weighted by atomic mass is 9.84. The van der Waals surface area contributed by atoms with Crippen molar-refractivity contribution in [3.05, 3.63) is 12.2 Å². The van der Waals surface area contributed by atoms with Crippen molar-refractivity contribution in [2.24, 2.45) is 0 Å². The van der Waals surface area contributed by atoms with Crippen LogP contribution in [-0.4, -0.2) is 203 Å². The molecule has 10 unspecified atom stereocenters. The zero-order valence-corrected chi connectivity index (χ0v) is 36.0. The Labute approximate surface area is 361 Å². The normalized spacial score (nSPS) is 37.0. The van der Waals surface area contributed by atoms with Gasteiger partial charge in [-0.2, -0.15) is 0 Å². The van der Waals surface area contributed by atoms with Gasteiger partial charge in [-0.15, -0.1) is 0 Å². The molecule has 0 amide bonds. The summed E-state index contributed by atoms with van der Waals surface area (Å²) in [6.45, 7) is -1.28. The predicted octanol–water partition coefficient (Wildman–Crippen LogP) is -2.10. The predicted molar refractivity (Wildman–Crippen MR) is 212 cm³/mol. The van der Waals surface area contributed by atoms with Crippen LogP contribution >= 0.6 is 7.82 Å². The van der Waals surface area contributed by atoms with Crippen molar-refractivity contribution in [1.29, 1.82) is 0 Å². The largest absolute Gasteiger partial charge is 0.472 e. The van der Waals surface area contributed by atoms with E-state index in [0.29, 0.717) is 6.42 Å². The van der Waals surface area contributed by atoms with E-state index in [1.807, 2.05) is 0 Å². The molecule has 0 aromatic rings. The lowest BCUT2D eigenvalue weighted by Crippen LogP contribution is -2.69. The van der Waals surface area contributed by atoms with Crippen molar-refractivity contribution >= 4 is 13.8 Å². The molecule has 0 spiro atoms. The summed E-state index contributed by atoms with van der Waals surface area (Å²) < 4.78 is 50.3. The van der Waals surface area contributed by atoms with Crippen molar-refractivity contribution in [3.63, 3.8) is 0 Å². The Morgan fingerprint density at radius 2 is 1.03 bits per heavy atom. The Kier molecular flexibility index (Phi) is 24.8. The molecule has 0 radical (unpaired) electrons. The van der Waals surface area contributed by atoms with Crippen LogP contribution < -0.4 is 0 Å². The Balaban J connectivity index is 1.57. The average molecular weight is 923 g/mol. The third-order valence-electron chi connectivity index (χ3n) is 11.1. The number of rotatable bonds is 28. The second-order valence-corrected chi connectivity index (χ2v) is 17.5. The lowest BCUT2D eigenvalue weighted by molar-refractivity contribution is -0.360. The summed E-state index contributed by atoms with van der Waals surface area (Å²) in [6, 6.07) is 0. The second-order valence-electron chi connectivity index (χ2n) is 16.1. The highest BCUT2D eigenvalue weighted by Crippen LogP contribution is 2.48. The number of ether oxygens (including phenoxy) is 5. The quantitative estimate of drug-likeness (QED) is 0.0173. The van der Waals surface area contributed by atoms with Crippen molar-refractivity contribution < 1.29 is 108 Å². The number of unbranched alkanes of at least 4 members (excludes halogenated alkanes) is 11. The summed E-state index contributed by atoms with van der Waals surface area (Å²) in [7, 11) is -5.51. The van der Waals surface area contributed by atoms with Crippen LogP contribution in [0.25, 0.3) is 0 Å². The van der Waals surface area contributed by atoms with Crippen LogP contribution in [0.3, 0.4) is 0 Å². The molecule has 62 heavy (non-hydrogen) atoms. The van der Waals surface area contributed by atoms with E-state index in [2.05, 4.69) is 19.1 Å². The number of esters is 1. The van der Waals surface area contributed by atoms with Gasteiger partial charge in [-0.3, -0.25) is 13.8 Å². The molecule has 1 aliphatic carbocycles. The highest BCUT2D eigenvalue weighted by atomic mass is 31.2. The van der Waals surface area contributed by atoms with Crippen LogP contribution in [0, 0.1) is 0 Å². The van der Waals surface area contributed by atoms with Gasteiger partial charge in [0.1, 0.15) is 98.2 Å². The second kappa shape index (κ2) is 28.0. The molecular weight excluding hydrogens is 851 g/mol. The fraction of sp³-hybridized carbons (Fsp3) is 0.923. The molecule has 2 aliphatic heterocycles. The van der Waals surface area contributed by atoms with E-state index in [0.717, 1.165) is 38.5 Å². The zero-order chi connectivity index (χ0) is 46.0. The number of aliphatic hydroxyl groups excluding tert-OH is 12. The number of hydrogen-bond acceptors (Lipinski definition) is 21. The summed E-state index contributed by atoms with van der Waals surface area (Å²) in [5.41, 5.74) is 0. The van der Waals surface area contributed by atoms with E-state index in [9.17, 15) is 75.5 Å². The summed E-state index contributed by atoms with van der Waals surface area (Å²) in [5.74, 6) is -0.629. The first-order chi connectivity index (χ1) is 29.5. The van der Waals surface area contributed by atoms with E-state index in [-0.39, 0.29) is 6.42 Å². The van der Waals surface area contributed by atoms with Gasteiger partial charge in [0.05, 0.1) is 19.8 Å². The number of allylic oxidation sites excluding steroid dienone is 2. The minimum atomic E-state index is -5.51. The maximum atomic E-state index is 13.4. The summed E-state index contributed by atoms with van der Waals surface area (Å²) >= 11 is 0. The van der Waals surface area contributed by atoms with Gasteiger partial charge < -0.3 is 89.9 Å². The van der Waals surface area contributed by atoms with Crippen molar-refractivity contribution in [2.45, 2.75) is 201 Å². The van der Waals surface area contributed by atoms with Gasteiger partial charge >= 0.3 is 13.8 Å². The van der Waals surface area contributed by atoms with Crippen molar-refractivity contribution in [3.8, 4) is 0 Å². The maximum absolute atomic E-state index is 13.4. The minimum absolute atomic E-state index is 0.0667. The van der Waals surface area contributed by atoms with Gasteiger partial charge in [-0.05, 0) is 32.1 Å². The van der Waals surface area contributed by atoms with E-state index in [4.69, 9.17) is 32.7 Å². The summed E-state index contributed by atoms with van der Waals surface area (Å²) in [5, 5.41) is 125. The lowest BCUT2D eigenvalue weighted by Gasteiger charge is -2.49. The number of hydrogen-bond donors (Lipinski definition) is 13. The molecule has 0 bridgehead atoms. The number of carbonyl (C=O) groups excluding carboxylic acids is 1. The van der Waals surface area contributed by atoms with Crippen molar-refractivity contribution in [1.82, 2.24) is 0 Å². The number of phosphoric acid groups is 1. The molecule has 3 rings (SSSR count). The third-order valence-corrected chi connectivity index (χ3v) is 12.0. The Hall–Kier alpha value is -1.32. The standard InChI is InChI=1S/C39H71O22P/c1-2-3-4-5-6-7-8-9-10-11-12-13-14-15-16-17-25(43)55-20-22(42)21-56-62(53,54)61-37-35(59-38-33(51)28(46)26(44)23(18-40)57-38)31(49)30(48)32(50)36(37)60-39-34(52)29(47)27(45)24(19-41)58-39/h9-10,22-24,26-42,44-52H,2-8,11-21H2,1H3,(H,53,54)/b10-9-/t22-,23?,24?,26-,27+,28?,29?,30?,31?,32?,33-,34+,35-,36?,37?,38-,39+/m1/s1. The van der Waals surface area contributed by atoms with Crippen LogP contribution in [-0.2, 0) is 42.1 Å². The summed E-state index contributed by atoms with van der Waals surface area (Å²) in [6.07, 6.45) is -16.0. The summed E-state index contributed by atoms with van der Waals surface area (Å²) in [4.78, 5) is 23.1. The number of carbonyl (C=O) groups is 1. The molecule has 18 atom stereocenters. The van der Waals surface area contributed by atoms with Crippen LogP contribution in [0.2, 0.25) is 0 Å². The Bertz CT molecular complexity index is 1280. The molecule has 3 aliphatic rings. The average Bonchev–Trinajstić information content (AvgIpc) is 3.25. The topological polar surface area (TPSA) is 362 Å². The monoisotopic (exact) mass is 922 g/mol. The van der Waals surface area contributed by atoms with Gasteiger partial charge in [0.2, 0.25) is 0 Å². The van der Waals surface area contributed by atoms with E-state index in [1.165, 1.54) is 38.5 Å². The zero-order valence-electron chi connectivity index (χ0n) is 35.1. The fourth-order valence-corrected chi connectivity index (χ4v) is 8.25. The molecule has 0 aromatic heterocycles. The molecule has 3 fully saturated rings. The van der Waals surface area contributed by atoms with Gasteiger partial charge in [0.25, 0.3) is 0 Å².